The van der Waals surface area contributed by atoms with Gasteiger partial charge >= 0.3 is 0 Å². The Balaban J connectivity index is 1.93. The lowest BCUT2D eigenvalue weighted by Crippen LogP contribution is -2.16. The van der Waals surface area contributed by atoms with E-state index in [9.17, 15) is 4.79 Å². The van der Waals surface area contributed by atoms with Gasteiger partial charge in [-0.1, -0.05) is 6.92 Å². The number of anilines is 1. The van der Waals surface area contributed by atoms with Gasteiger partial charge in [0, 0.05) is 17.4 Å². The maximum atomic E-state index is 12.8. The second kappa shape index (κ2) is 7.67. The van der Waals surface area contributed by atoms with Gasteiger partial charge in [-0.15, -0.1) is 16.4 Å². The summed E-state index contributed by atoms with van der Waals surface area (Å²) in [6.45, 7) is 6.30. The molecule has 0 saturated carbocycles. The molecule has 150 valence electrons. The molecule has 3 aromatic heterocycles. The van der Waals surface area contributed by atoms with Gasteiger partial charge in [0.15, 0.2) is 16.5 Å². The van der Waals surface area contributed by atoms with Gasteiger partial charge in [-0.25, -0.2) is 14.5 Å². The third-order valence-electron chi connectivity index (χ3n) is 4.57. The monoisotopic (exact) mass is 410 g/mol. The Morgan fingerprint density at radius 3 is 2.79 bits per heavy atom. The van der Waals surface area contributed by atoms with E-state index in [-0.39, 0.29) is 5.56 Å². The van der Waals surface area contributed by atoms with Crippen molar-refractivity contribution in [3.8, 4) is 28.4 Å². The van der Waals surface area contributed by atoms with E-state index < -0.39 is 0 Å². The fraction of sp³-hybridized carbons (Fsp3) is 0.300. The number of H-pyrrole nitrogens is 1. The smallest absolute Gasteiger partial charge is 0.277 e. The van der Waals surface area contributed by atoms with E-state index >= 15 is 0 Å². The summed E-state index contributed by atoms with van der Waals surface area (Å²) in [7, 11) is 0. The number of hydrogen-bond acceptors (Lipinski definition) is 7. The first-order valence-corrected chi connectivity index (χ1v) is 10.4. The van der Waals surface area contributed by atoms with E-state index in [1.165, 1.54) is 11.3 Å². The first-order chi connectivity index (χ1) is 14.0. The summed E-state index contributed by atoms with van der Waals surface area (Å²) in [5, 5.41) is 7.10. The summed E-state index contributed by atoms with van der Waals surface area (Å²) in [5.74, 6) is 1.83. The molecule has 0 atom stereocenters. The summed E-state index contributed by atoms with van der Waals surface area (Å²) in [6.07, 6.45) is 1.65. The molecular weight excluding hydrogens is 388 g/mol. The number of rotatable bonds is 6. The van der Waals surface area contributed by atoms with Crippen molar-refractivity contribution in [3.63, 3.8) is 0 Å². The predicted molar refractivity (Wildman–Crippen MR) is 114 cm³/mol. The molecule has 8 nitrogen and oxygen atoms in total. The summed E-state index contributed by atoms with van der Waals surface area (Å²) in [5.41, 5.74) is 9.02. The molecule has 0 amide bonds. The Labute approximate surface area is 171 Å². The topological polar surface area (TPSA) is 111 Å². The van der Waals surface area contributed by atoms with Crippen molar-refractivity contribution < 1.29 is 4.74 Å². The quantitative estimate of drug-likeness (QED) is 0.504. The number of aromatic amines is 1. The molecule has 0 aliphatic rings. The molecule has 0 bridgehead atoms. The first-order valence-electron chi connectivity index (χ1n) is 9.49. The van der Waals surface area contributed by atoms with Gasteiger partial charge < -0.3 is 15.5 Å². The van der Waals surface area contributed by atoms with Gasteiger partial charge in [0.2, 0.25) is 0 Å². The standard InChI is InChI=1S/C20H22N6O2S/c1-4-6-16-22-11(3)17-19(27)24-18(25-26(16)17)13-9-12(7-8-15(13)28-5-2)14-10-29-20(21)23-14/h7-10H,4-6H2,1-3H3,(H2,21,23)(H,24,25,27). The zero-order chi connectivity index (χ0) is 20.5. The van der Waals surface area contributed by atoms with Crippen LogP contribution in [0.4, 0.5) is 5.13 Å². The van der Waals surface area contributed by atoms with E-state index in [2.05, 4.69) is 21.9 Å². The van der Waals surface area contributed by atoms with Crippen LogP contribution in [0.25, 0.3) is 28.2 Å². The Morgan fingerprint density at radius 1 is 1.28 bits per heavy atom. The molecule has 0 spiro atoms. The number of fused-ring (bicyclic) bond motifs is 1. The second-order valence-corrected chi connectivity index (χ2v) is 7.53. The normalized spacial score (nSPS) is 11.3. The Bertz CT molecular complexity index is 1240. The second-order valence-electron chi connectivity index (χ2n) is 6.64. The van der Waals surface area contributed by atoms with E-state index in [0.717, 1.165) is 29.9 Å². The molecule has 0 radical (unpaired) electrons. The van der Waals surface area contributed by atoms with Crippen molar-refractivity contribution in [1.82, 2.24) is 24.6 Å². The number of benzene rings is 1. The van der Waals surface area contributed by atoms with E-state index in [4.69, 9.17) is 15.6 Å². The Hall–Kier alpha value is -3.20. The van der Waals surface area contributed by atoms with Gasteiger partial charge in [-0.3, -0.25) is 4.79 Å². The van der Waals surface area contributed by atoms with Crippen LogP contribution in [0.15, 0.2) is 28.4 Å². The minimum atomic E-state index is -0.229. The van der Waals surface area contributed by atoms with Gasteiger partial charge in [0.05, 0.1) is 23.6 Å². The number of nitrogens with one attached hydrogen (secondary N) is 1. The van der Waals surface area contributed by atoms with Crippen molar-refractivity contribution in [2.45, 2.75) is 33.6 Å². The highest BCUT2D eigenvalue weighted by Gasteiger charge is 2.17. The van der Waals surface area contributed by atoms with Crippen LogP contribution in [0.2, 0.25) is 0 Å². The van der Waals surface area contributed by atoms with Crippen LogP contribution in [0.3, 0.4) is 0 Å². The van der Waals surface area contributed by atoms with E-state index in [1.54, 1.807) is 4.52 Å². The molecule has 1 aromatic carbocycles. The van der Waals surface area contributed by atoms with E-state index in [0.29, 0.717) is 40.1 Å². The lowest BCUT2D eigenvalue weighted by Gasteiger charge is -2.11. The van der Waals surface area contributed by atoms with Crippen LogP contribution in [-0.2, 0) is 6.42 Å². The van der Waals surface area contributed by atoms with Gasteiger partial charge in [0.25, 0.3) is 5.56 Å². The van der Waals surface area contributed by atoms with Crippen LogP contribution in [0, 0.1) is 6.92 Å². The van der Waals surface area contributed by atoms with E-state index in [1.807, 2.05) is 37.4 Å². The lowest BCUT2D eigenvalue weighted by molar-refractivity contribution is 0.341. The van der Waals surface area contributed by atoms with Crippen LogP contribution < -0.4 is 16.0 Å². The highest BCUT2D eigenvalue weighted by Crippen LogP contribution is 2.33. The molecule has 0 aliphatic heterocycles. The third kappa shape index (κ3) is 3.49. The zero-order valence-corrected chi connectivity index (χ0v) is 17.3. The number of nitrogens with two attached hydrogens (primary N) is 1. The Kier molecular flexibility index (Phi) is 5.06. The van der Waals surface area contributed by atoms with Gasteiger partial charge in [0.1, 0.15) is 11.6 Å². The molecule has 4 aromatic rings. The SMILES string of the molecule is CCCc1nc(C)c2c(=O)[nH]c(-c3cc(-c4csc(N)n4)ccc3OCC)nn12. The van der Waals surface area contributed by atoms with Gasteiger partial charge in [-0.05, 0) is 38.5 Å². The van der Waals surface area contributed by atoms with Crippen molar-refractivity contribution in [1.29, 1.82) is 0 Å². The number of aromatic nitrogens is 5. The Morgan fingerprint density at radius 2 is 2.10 bits per heavy atom. The molecule has 29 heavy (non-hydrogen) atoms. The van der Waals surface area contributed by atoms with Crippen molar-refractivity contribution in [2.75, 3.05) is 12.3 Å². The maximum absolute atomic E-state index is 12.8. The number of hydrogen-bond donors (Lipinski definition) is 2. The number of thiazole rings is 1. The molecule has 3 heterocycles. The van der Waals surface area contributed by atoms with Gasteiger partial charge in [-0.2, -0.15) is 0 Å². The largest absolute Gasteiger partial charge is 0.493 e. The third-order valence-corrected chi connectivity index (χ3v) is 5.24. The fourth-order valence-corrected chi connectivity index (χ4v) is 3.89. The molecule has 0 unspecified atom stereocenters. The summed E-state index contributed by atoms with van der Waals surface area (Å²) in [4.78, 5) is 24.6. The number of nitrogen functional groups attached to an aromatic ring is 1. The number of nitrogens with zero attached hydrogens (tertiary/aromatic N) is 4. The van der Waals surface area contributed by atoms with Crippen molar-refractivity contribution in [3.05, 3.63) is 45.5 Å². The molecular formula is C20H22N6O2S. The summed E-state index contributed by atoms with van der Waals surface area (Å²) >= 11 is 1.38. The van der Waals surface area contributed by atoms with Crippen LogP contribution in [-0.4, -0.2) is 31.2 Å². The van der Waals surface area contributed by atoms with Crippen molar-refractivity contribution >= 4 is 22.0 Å². The fourth-order valence-electron chi connectivity index (χ4n) is 3.32. The predicted octanol–water partition coefficient (Wildman–Crippen LogP) is 3.45. The summed E-state index contributed by atoms with van der Waals surface area (Å²) in [6, 6.07) is 5.69. The van der Waals surface area contributed by atoms with Crippen LogP contribution in [0.5, 0.6) is 5.75 Å². The summed E-state index contributed by atoms with van der Waals surface area (Å²) < 4.78 is 7.44. The number of ether oxygens (including phenoxy) is 1. The highest BCUT2D eigenvalue weighted by atomic mass is 32.1. The van der Waals surface area contributed by atoms with Crippen molar-refractivity contribution in [2.24, 2.45) is 0 Å². The average molecular weight is 411 g/mol. The molecule has 9 heteroatoms. The zero-order valence-electron chi connectivity index (χ0n) is 16.5. The minimum absolute atomic E-state index is 0.229. The maximum Gasteiger partial charge on any atom is 0.277 e. The number of aryl methyl sites for hydroxylation is 2. The highest BCUT2D eigenvalue weighted by molar-refractivity contribution is 7.13. The first kappa shape index (κ1) is 19.1. The lowest BCUT2D eigenvalue weighted by atomic mass is 10.1. The average Bonchev–Trinajstić information content (AvgIpc) is 3.26. The minimum Gasteiger partial charge on any atom is -0.493 e. The molecule has 0 saturated heterocycles. The number of imidazole rings is 1. The molecule has 0 aliphatic carbocycles. The van der Waals surface area contributed by atoms with Crippen LogP contribution >= 0.6 is 11.3 Å². The molecule has 3 N–H and O–H groups in total. The van der Waals surface area contributed by atoms with Crippen LogP contribution in [0.1, 0.15) is 31.8 Å². The molecule has 0 fully saturated rings. The molecule has 4 rings (SSSR count).